The Kier molecular flexibility index (Phi) is 8.18. The van der Waals surface area contributed by atoms with Gasteiger partial charge in [0.25, 0.3) is 0 Å². The molecule has 31 heavy (non-hydrogen) atoms. The minimum atomic E-state index is -0.755. The molecule has 3 rings (SSSR count). The van der Waals surface area contributed by atoms with Crippen LogP contribution < -0.4 is 5.32 Å². The molecule has 0 bridgehead atoms. The van der Waals surface area contributed by atoms with Crippen LogP contribution in [0.3, 0.4) is 0 Å². The maximum absolute atomic E-state index is 12.9. The van der Waals surface area contributed by atoms with E-state index in [4.69, 9.17) is 0 Å². The Morgan fingerprint density at radius 2 is 2.06 bits per heavy atom. The average molecular weight is 424 g/mol. The van der Waals surface area contributed by atoms with Gasteiger partial charge in [-0.1, -0.05) is 38.1 Å². The van der Waals surface area contributed by atoms with Crippen LogP contribution >= 0.6 is 0 Å². The second kappa shape index (κ2) is 11.0. The lowest BCUT2D eigenvalue weighted by Gasteiger charge is -2.25. The van der Waals surface area contributed by atoms with E-state index in [9.17, 15) is 14.7 Å². The Labute approximate surface area is 184 Å². The molecule has 0 aliphatic carbocycles. The number of carbonyl (C=O) groups excluding carboxylic acids is 2. The number of pyridine rings is 1. The average Bonchev–Trinajstić information content (AvgIpc) is 2.94. The fraction of sp³-hybridized carbons (Fsp3) is 0.480. The highest BCUT2D eigenvalue weighted by Crippen LogP contribution is 2.19. The first kappa shape index (κ1) is 22.9. The lowest BCUT2D eigenvalue weighted by molar-refractivity contribution is -0.131. The highest BCUT2D eigenvalue weighted by molar-refractivity contribution is 5.79. The molecule has 166 valence electrons. The zero-order chi connectivity index (χ0) is 22.2. The Morgan fingerprint density at radius 1 is 1.23 bits per heavy atom. The third-order valence-electron chi connectivity index (χ3n) is 5.71. The van der Waals surface area contributed by atoms with Crippen molar-refractivity contribution in [2.75, 3.05) is 13.1 Å². The van der Waals surface area contributed by atoms with Crippen LogP contribution in [0.2, 0.25) is 0 Å². The quantitative estimate of drug-likeness (QED) is 0.717. The molecule has 2 atom stereocenters. The van der Waals surface area contributed by atoms with Gasteiger partial charge in [0.05, 0.1) is 24.3 Å². The Bertz CT molecular complexity index is 869. The molecule has 1 aromatic carbocycles. The summed E-state index contributed by atoms with van der Waals surface area (Å²) in [4.78, 5) is 31.2. The molecule has 2 heterocycles. The van der Waals surface area contributed by atoms with Crippen molar-refractivity contribution >= 4 is 11.8 Å². The van der Waals surface area contributed by atoms with Crippen molar-refractivity contribution in [3.63, 3.8) is 0 Å². The number of benzene rings is 1. The number of likely N-dealkylation sites (tertiary alicyclic amines) is 1. The largest absolute Gasteiger partial charge is 0.389 e. The molecular weight excluding hydrogens is 390 g/mol. The molecule has 6 heteroatoms. The van der Waals surface area contributed by atoms with Crippen molar-refractivity contribution in [3.8, 4) is 11.3 Å². The maximum atomic E-state index is 12.9. The molecule has 1 fully saturated rings. The number of hydrogen-bond acceptors (Lipinski definition) is 4. The topological polar surface area (TPSA) is 82.5 Å². The normalized spacial score (nSPS) is 19.2. The summed E-state index contributed by atoms with van der Waals surface area (Å²) in [6.07, 6.45) is 4.00. The van der Waals surface area contributed by atoms with E-state index < -0.39 is 6.10 Å². The number of β-amino-alcohol motifs (C(OH)–C–C–N with tert-alkyl or cyclic N) is 1. The first-order chi connectivity index (χ1) is 14.9. The van der Waals surface area contributed by atoms with E-state index in [1.165, 1.54) is 0 Å². The summed E-state index contributed by atoms with van der Waals surface area (Å²) in [6.45, 7) is 5.01. The maximum Gasteiger partial charge on any atom is 0.227 e. The molecule has 2 N–H and O–H groups in total. The summed E-state index contributed by atoms with van der Waals surface area (Å²) in [5.41, 5.74) is 2.77. The van der Waals surface area contributed by atoms with Crippen molar-refractivity contribution in [2.24, 2.45) is 5.92 Å². The van der Waals surface area contributed by atoms with Gasteiger partial charge in [-0.25, -0.2) is 0 Å². The van der Waals surface area contributed by atoms with Crippen LogP contribution in [-0.4, -0.2) is 52.0 Å². The van der Waals surface area contributed by atoms with Gasteiger partial charge in [-0.3, -0.25) is 14.6 Å². The molecule has 0 saturated carbocycles. The number of nitrogens with one attached hydrogen (secondary N) is 1. The van der Waals surface area contributed by atoms with E-state index in [1.54, 1.807) is 11.1 Å². The molecular formula is C25H33N3O3. The van der Waals surface area contributed by atoms with Crippen LogP contribution in [0.5, 0.6) is 0 Å². The molecule has 1 aliphatic rings. The number of nitrogens with zero attached hydrogens (tertiary/aromatic N) is 2. The summed E-state index contributed by atoms with van der Waals surface area (Å²) in [5, 5.41) is 13.6. The van der Waals surface area contributed by atoms with E-state index in [-0.39, 0.29) is 30.8 Å². The molecule has 0 radical (unpaired) electrons. The van der Waals surface area contributed by atoms with Crippen molar-refractivity contribution in [1.29, 1.82) is 0 Å². The van der Waals surface area contributed by atoms with E-state index in [0.717, 1.165) is 29.7 Å². The third-order valence-corrected chi connectivity index (χ3v) is 5.71. The van der Waals surface area contributed by atoms with E-state index in [0.29, 0.717) is 25.3 Å². The number of carbonyl (C=O) groups is 2. The van der Waals surface area contributed by atoms with Gasteiger partial charge in [0.15, 0.2) is 0 Å². The Hall–Kier alpha value is -2.73. The fourth-order valence-electron chi connectivity index (χ4n) is 3.89. The van der Waals surface area contributed by atoms with Gasteiger partial charge in [0.1, 0.15) is 0 Å². The van der Waals surface area contributed by atoms with Gasteiger partial charge in [-0.05, 0) is 48.9 Å². The van der Waals surface area contributed by atoms with Crippen LogP contribution in [0, 0.1) is 5.92 Å². The fourth-order valence-corrected chi connectivity index (χ4v) is 3.89. The Morgan fingerprint density at radius 3 is 2.81 bits per heavy atom. The zero-order valence-electron chi connectivity index (χ0n) is 18.5. The smallest absolute Gasteiger partial charge is 0.227 e. The summed E-state index contributed by atoms with van der Waals surface area (Å²) >= 11 is 0. The second-order valence-corrected chi connectivity index (χ2v) is 8.75. The van der Waals surface area contributed by atoms with Crippen molar-refractivity contribution in [3.05, 3.63) is 54.2 Å². The summed E-state index contributed by atoms with van der Waals surface area (Å²) in [5.74, 6) is 0.432. The highest BCUT2D eigenvalue weighted by atomic mass is 16.3. The molecule has 2 aromatic rings. The third kappa shape index (κ3) is 6.89. The van der Waals surface area contributed by atoms with E-state index >= 15 is 0 Å². The summed E-state index contributed by atoms with van der Waals surface area (Å²) in [6, 6.07) is 13.3. The van der Waals surface area contributed by atoms with Gasteiger partial charge in [0.2, 0.25) is 11.8 Å². The van der Waals surface area contributed by atoms with Gasteiger partial charge >= 0.3 is 0 Å². The molecule has 0 spiro atoms. The number of hydrogen-bond donors (Lipinski definition) is 2. The zero-order valence-corrected chi connectivity index (χ0v) is 18.5. The van der Waals surface area contributed by atoms with E-state index in [2.05, 4.69) is 24.1 Å². The summed E-state index contributed by atoms with van der Waals surface area (Å²) in [7, 11) is 0. The SMILES string of the molecule is CC(C)CCC(=O)NC1CCCN(C(=O)Cc2cccc(-c3ccccn3)c2)CC1O. The standard InChI is InChI=1S/C25H33N3O3/c1-18(2)11-12-24(30)27-22-10-6-14-28(17-23(22)29)25(31)16-19-7-5-8-20(15-19)21-9-3-4-13-26-21/h3-5,7-9,13,15,18,22-23,29H,6,10-12,14,16-17H2,1-2H3,(H,27,30). The second-order valence-electron chi connectivity index (χ2n) is 8.75. The first-order valence-corrected chi connectivity index (χ1v) is 11.2. The predicted octanol–water partition coefficient (Wildman–Crippen LogP) is 3.20. The van der Waals surface area contributed by atoms with Crippen LogP contribution in [-0.2, 0) is 16.0 Å². The van der Waals surface area contributed by atoms with Crippen molar-refractivity contribution in [1.82, 2.24) is 15.2 Å². The molecule has 1 saturated heterocycles. The molecule has 6 nitrogen and oxygen atoms in total. The van der Waals surface area contributed by atoms with Crippen LogP contribution in [0.15, 0.2) is 48.7 Å². The van der Waals surface area contributed by atoms with Crippen molar-refractivity contribution < 1.29 is 14.7 Å². The van der Waals surface area contributed by atoms with E-state index in [1.807, 2.05) is 42.5 Å². The van der Waals surface area contributed by atoms with Gasteiger partial charge in [-0.2, -0.15) is 0 Å². The van der Waals surface area contributed by atoms with Gasteiger partial charge < -0.3 is 15.3 Å². The minimum absolute atomic E-state index is 0.0102. The first-order valence-electron chi connectivity index (χ1n) is 11.2. The highest BCUT2D eigenvalue weighted by Gasteiger charge is 2.28. The number of aliphatic hydroxyl groups excluding tert-OH is 1. The number of aliphatic hydroxyl groups is 1. The van der Waals surface area contributed by atoms with Crippen LogP contribution in [0.25, 0.3) is 11.3 Å². The molecule has 2 amide bonds. The Balaban J connectivity index is 1.57. The number of rotatable bonds is 7. The van der Waals surface area contributed by atoms with Crippen LogP contribution in [0.1, 0.15) is 45.1 Å². The van der Waals surface area contributed by atoms with Crippen LogP contribution in [0.4, 0.5) is 0 Å². The minimum Gasteiger partial charge on any atom is -0.389 e. The predicted molar refractivity (Wildman–Crippen MR) is 121 cm³/mol. The number of aromatic nitrogens is 1. The molecule has 1 aliphatic heterocycles. The lowest BCUT2D eigenvalue weighted by Crippen LogP contribution is -2.47. The number of amides is 2. The van der Waals surface area contributed by atoms with Gasteiger partial charge in [-0.15, -0.1) is 0 Å². The lowest BCUT2D eigenvalue weighted by atomic mass is 10.0. The monoisotopic (exact) mass is 423 g/mol. The van der Waals surface area contributed by atoms with Crippen molar-refractivity contribution in [2.45, 2.75) is 58.1 Å². The van der Waals surface area contributed by atoms with Gasteiger partial charge in [0, 0.05) is 31.3 Å². The molecule has 1 aromatic heterocycles. The summed E-state index contributed by atoms with van der Waals surface area (Å²) < 4.78 is 0. The molecule has 2 unspecified atom stereocenters.